The van der Waals surface area contributed by atoms with Gasteiger partial charge in [0.25, 0.3) is 0 Å². The van der Waals surface area contributed by atoms with E-state index in [-0.39, 0.29) is 0 Å². The Morgan fingerprint density at radius 1 is 1.19 bits per heavy atom. The van der Waals surface area contributed by atoms with E-state index in [2.05, 4.69) is 11.4 Å². The molecule has 0 saturated carbocycles. The van der Waals surface area contributed by atoms with Crippen LogP contribution in [-0.4, -0.2) is 12.6 Å². The average molecular weight is 284 g/mol. The summed E-state index contributed by atoms with van der Waals surface area (Å²) in [5.74, 6) is -0.404. The minimum atomic E-state index is -0.404. The van der Waals surface area contributed by atoms with E-state index in [0.29, 0.717) is 23.5 Å². The Kier molecular flexibility index (Phi) is 4.48. The number of rotatable bonds is 4. The molecule has 0 amide bonds. The quantitative estimate of drug-likeness (QED) is 0.662. The Bertz CT molecular complexity index is 646. The van der Waals surface area contributed by atoms with Crippen LogP contribution in [-0.2, 0) is 4.74 Å². The summed E-state index contributed by atoms with van der Waals surface area (Å²) in [4.78, 5) is 11.8. The van der Waals surface area contributed by atoms with Gasteiger partial charge in [-0.25, -0.2) is 4.79 Å². The number of para-hydroxylation sites is 1. The predicted octanol–water partition coefficient (Wildman–Crippen LogP) is 3.81. The van der Waals surface area contributed by atoms with Crippen LogP contribution in [0.1, 0.15) is 28.4 Å². The predicted molar refractivity (Wildman–Crippen MR) is 86.0 cm³/mol. The highest BCUT2D eigenvalue weighted by Gasteiger charge is 2.13. The van der Waals surface area contributed by atoms with Crippen molar-refractivity contribution in [1.29, 1.82) is 0 Å². The molecule has 0 radical (unpaired) electrons. The van der Waals surface area contributed by atoms with Gasteiger partial charge >= 0.3 is 5.97 Å². The summed E-state index contributed by atoms with van der Waals surface area (Å²) in [6, 6.07) is 11.5. The third-order valence-electron chi connectivity index (χ3n) is 3.10. The van der Waals surface area contributed by atoms with Gasteiger partial charge in [-0.2, -0.15) is 0 Å². The third kappa shape index (κ3) is 3.54. The lowest BCUT2D eigenvalue weighted by atomic mass is 10.1. The second-order valence-corrected chi connectivity index (χ2v) is 4.99. The van der Waals surface area contributed by atoms with E-state index in [1.165, 1.54) is 0 Å². The maximum absolute atomic E-state index is 11.8. The molecule has 0 atom stereocenters. The molecule has 0 aliphatic heterocycles. The number of carbonyl (C=O) groups is 1. The van der Waals surface area contributed by atoms with Crippen LogP contribution < -0.4 is 11.1 Å². The van der Waals surface area contributed by atoms with Gasteiger partial charge in [-0.3, -0.25) is 0 Å². The van der Waals surface area contributed by atoms with Crippen molar-refractivity contribution >= 4 is 23.0 Å². The zero-order valence-corrected chi connectivity index (χ0v) is 12.6. The molecule has 0 heterocycles. The van der Waals surface area contributed by atoms with Crippen LogP contribution in [0.25, 0.3) is 0 Å². The van der Waals surface area contributed by atoms with Crippen LogP contribution in [0.4, 0.5) is 17.1 Å². The molecule has 0 aliphatic carbocycles. The first-order chi connectivity index (χ1) is 10.0. The summed E-state index contributed by atoms with van der Waals surface area (Å²) in [6.45, 7) is 6.17. The number of anilines is 3. The minimum absolute atomic E-state index is 0.326. The molecular weight excluding hydrogens is 264 g/mol. The number of aryl methyl sites for hydroxylation is 2. The van der Waals surface area contributed by atoms with Crippen molar-refractivity contribution in [2.45, 2.75) is 20.8 Å². The van der Waals surface area contributed by atoms with Gasteiger partial charge in [0.05, 0.1) is 23.5 Å². The number of nitrogens with two attached hydrogens (primary N) is 1. The van der Waals surface area contributed by atoms with E-state index in [1.807, 2.05) is 32.0 Å². The zero-order valence-electron chi connectivity index (χ0n) is 12.6. The highest BCUT2D eigenvalue weighted by Crippen LogP contribution is 2.27. The molecule has 0 saturated heterocycles. The molecule has 21 heavy (non-hydrogen) atoms. The van der Waals surface area contributed by atoms with E-state index in [4.69, 9.17) is 10.5 Å². The Hall–Kier alpha value is -2.49. The second-order valence-electron chi connectivity index (χ2n) is 4.99. The highest BCUT2D eigenvalue weighted by molar-refractivity contribution is 5.98. The van der Waals surface area contributed by atoms with E-state index >= 15 is 0 Å². The maximum atomic E-state index is 11.8. The Balaban J connectivity index is 2.32. The number of nitrogens with one attached hydrogen (secondary N) is 1. The molecule has 0 spiro atoms. The van der Waals surface area contributed by atoms with Crippen molar-refractivity contribution in [2.75, 3.05) is 17.7 Å². The smallest absolute Gasteiger partial charge is 0.340 e. The standard InChI is InChI=1S/C17H20N2O2/c1-4-21-17(20)14-6-5-7-15(16(14)18)19-13-9-11(2)8-12(3)10-13/h5-10,19H,4,18H2,1-3H3. The third-order valence-corrected chi connectivity index (χ3v) is 3.10. The van der Waals surface area contributed by atoms with Crippen molar-refractivity contribution < 1.29 is 9.53 Å². The number of carbonyl (C=O) groups excluding carboxylic acids is 1. The SMILES string of the molecule is CCOC(=O)c1cccc(Nc2cc(C)cc(C)c2)c1N. The second kappa shape index (κ2) is 6.31. The normalized spacial score (nSPS) is 10.2. The lowest BCUT2D eigenvalue weighted by molar-refractivity contribution is 0.0527. The fourth-order valence-corrected chi connectivity index (χ4v) is 2.26. The van der Waals surface area contributed by atoms with Gasteiger partial charge in [-0.05, 0) is 56.2 Å². The zero-order chi connectivity index (χ0) is 15.4. The van der Waals surface area contributed by atoms with Gasteiger partial charge in [0.15, 0.2) is 0 Å². The first-order valence-corrected chi connectivity index (χ1v) is 6.92. The Morgan fingerprint density at radius 2 is 1.86 bits per heavy atom. The monoisotopic (exact) mass is 284 g/mol. The number of hydrogen-bond donors (Lipinski definition) is 2. The van der Waals surface area contributed by atoms with Crippen molar-refractivity contribution in [3.8, 4) is 0 Å². The summed E-state index contributed by atoms with van der Waals surface area (Å²) < 4.78 is 5.01. The summed E-state index contributed by atoms with van der Waals surface area (Å²) in [7, 11) is 0. The molecule has 0 aliphatic rings. The molecule has 4 heteroatoms. The largest absolute Gasteiger partial charge is 0.462 e. The lowest BCUT2D eigenvalue weighted by Gasteiger charge is -2.13. The molecule has 0 fully saturated rings. The van der Waals surface area contributed by atoms with E-state index < -0.39 is 5.97 Å². The van der Waals surface area contributed by atoms with Crippen molar-refractivity contribution in [3.63, 3.8) is 0 Å². The topological polar surface area (TPSA) is 64.3 Å². The van der Waals surface area contributed by atoms with Crippen LogP contribution in [0, 0.1) is 13.8 Å². The van der Waals surface area contributed by atoms with Crippen LogP contribution in [0.3, 0.4) is 0 Å². The minimum Gasteiger partial charge on any atom is -0.462 e. The fourth-order valence-electron chi connectivity index (χ4n) is 2.26. The van der Waals surface area contributed by atoms with Crippen LogP contribution in [0.15, 0.2) is 36.4 Å². The van der Waals surface area contributed by atoms with E-state index in [9.17, 15) is 4.79 Å². The van der Waals surface area contributed by atoms with Crippen molar-refractivity contribution in [1.82, 2.24) is 0 Å². The summed E-state index contributed by atoms with van der Waals surface area (Å²) in [5.41, 5.74) is 10.8. The first-order valence-electron chi connectivity index (χ1n) is 6.92. The molecule has 3 N–H and O–H groups in total. The van der Waals surface area contributed by atoms with Crippen LogP contribution >= 0.6 is 0 Å². The number of nitrogen functional groups attached to an aromatic ring is 1. The van der Waals surface area contributed by atoms with E-state index in [0.717, 1.165) is 16.8 Å². The fraction of sp³-hybridized carbons (Fsp3) is 0.235. The number of hydrogen-bond acceptors (Lipinski definition) is 4. The van der Waals surface area contributed by atoms with Crippen LogP contribution in [0.5, 0.6) is 0 Å². The van der Waals surface area contributed by atoms with Gasteiger partial charge < -0.3 is 15.8 Å². The number of benzene rings is 2. The number of esters is 1. The van der Waals surface area contributed by atoms with E-state index in [1.54, 1.807) is 19.1 Å². The first kappa shape index (κ1) is 14.9. The molecule has 2 aromatic rings. The highest BCUT2D eigenvalue weighted by atomic mass is 16.5. The Morgan fingerprint density at radius 3 is 2.48 bits per heavy atom. The van der Waals surface area contributed by atoms with Crippen LogP contribution in [0.2, 0.25) is 0 Å². The summed E-state index contributed by atoms with van der Waals surface area (Å²) >= 11 is 0. The average Bonchev–Trinajstić information content (AvgIpc) is 2.40. The number of ether oxygens (including phenoxy) is 1. The molecule has 0 aromatic heterocycles. The molecule has 0 bridgehead atoms. The molecule has 2 aromatic carbocycles. The molecular formula is C17H20N2O2. The van der Waals surface area contributed by atoms with Crippen molar-refractivity contribution in [2.24, 2.45) is 0 Å². The van der Waals surface area contributed by atoms with Gasteiger partial charge in [0.2, 0.25) is 0 Å². The summed E-state index contributed by atoms with van der Waals surface area (Å²) in [5, 5.41) is 3.26. The Labute approximate surface area is 124 Å². The van der Waals surface area contributed by atoms with Gasteiger partial charge in [-0.1, -0.05) is 12.1 Å². The van der Waals surface area contributed by atoms with Crippen molar-refractivity contribution in [3.05, 3.63) is 53.1 Å². The molecule has 0 unspecified atom stereocenters. The van der Waals surface area contributed by atoms with Gasteiger partial charge in [0.1, 0.15) is 0 Å². The molecule has 110 valence electrons. The molecule has 4 nitrogen and oxygen atoms in total. The maximum Gasteiger partial charge on any atom is 0.340 e. The van der Waals surface area contributed by atoms with Gasteiger partial charge in [-0.15, -0.1) is 0 Å². The lowest BCUT2D eigenvalue weighted by Crippen LogP contribution is -2.09. The summed E-state index contributed by atoms with van der Waals surface area (Å²) in [6.07, 6.45) is 0. The van der Waals surface area contributed by atoms with Gasteiger partial charge in [0, 0.05) is 5.69 Å². The molecule has 2 rings (SSSR count).